The number of benzene rings is 1. The summed E-state index contributed by atoms with van der Waals surface area (Å²) in [6.45, 7) is -0.262. The van der Waals surface area contributed by atoms with Crippen LogP contribution in [0.3, 0.4) is 0 Å². The monoisotopic (exact) mass is 311 g/mol. The number of rotatable bonds is 3. The second-order valence-electron chi connectivity index (χ2n) is 6.00. The van der Waals surface area contributed by atoms with Crippen molar-refractivity contribution in [3.05, 3.63) is 29.8 Å². The Hall–Kier alpha value is -2.68. The second-order valence-corrected chi connectivity index (χ2v) is 6.00. The van der Waals surface area contributed by atoms with Crippen LogP contribution in [-0.2, 0) is 14.4 Å². The molecule has 0 bridgehead atoms. The molecule has 1 aromatic rings. The summed E-state index contributed by atoms with van der Waals surface area (Å²) in [5.41, 5.74) is 0.910. The largest absolute Gasteiger partial charge is 0.324 e. The van der Waals surface area contributed by atoms with Gasteiger partial charge in [0.15, 0.2) is 0 Å². The molecule has 1 heterocycles. The number of carbonyl (C=O) groups excluding carboxylic acids is 3. The third-order valence-electron chi connectivity index (χ3n) is 4.51. The third-order valence-corrected chi connectivity index (χ3v) is 4.51. The van der Waals surface area contributed by atoms with Gasteiger partial charge >= 0.3 is 0 Å². The first-order valence-corrected chi connectivity index (χ1v) is 7.75. The molecule has 0 unspecified atom stereocenters. The summed E-state index contributed by atoms with van der Waals surface area (Å²) in [6, 6.07) is 8.49. The molecule has 2 atom stereocenters. The Morgan fingerprint density at radius 2 is 1.87 bits per heavy atom. The number of nitrogens with one attached hydrogen (secondary N) is 1. The van der Waals surface area contributed by atoms with Gasteiger partial charge in [-0.1, -0.05) is 18.9 Å². The van der Waals surface area contributed by atoms with E-state index in [1.807, 2.05) is 6.07 Å². The maximum Gasteiger partial charge on any atom is 0.244 e. The number of hydrogen-bond donors (Lipinski definition) is 1. The lowest BCUT2D eigenvalue weighted by Gasteiger charge is -2.19. The maximum atomic E-state index is 12.3. The van der Waals surface area contributed by atoms with Gasteiger partial charge in [0.25, 0.3) is 0 Å². The number of imide groups is 1. The van der Waals surface area contributed by atoms with E-state index in [9.17, 15) is 14.4 Å². The number of hydrogen-bond acceptors (Lipinski definition) is 4. The summed E-state index contributed by atoms with van der Waals surface area (Å²) in [7, 11) is 0. The lowest BCUT2D eigenvalue weighted by Crippen LogP contribution is -2.38. The molecule has 3 rings (SSSR count). The quantitative estimate of drug-likeness (QED) is 0.860. The van der Waals surface area contributed by atoms with E-state index in [0.29, 0.717) is 11.3 Å². The molecule has 0 aromatic heterocycles. The molecule has 118 valence electrons. The molecule has 1 aromatic carbocycles. The summed E-state index contributed by atoms with van der Waals surface area (Å²) in [5, 5.41) is 11.5. The molecule has 2 aliphatic rings. The van der Waals surface area contributed by atoms with Crippen molar-refractivity contribution >= 4 is 23.4 Å². The summed E-state index contributed by atoms with van der Waals surface area (Å²) in [6.07, 6.45) is 3.39. The van der Waals surface area contributed by atoms with Crippen LogP contribution < -0.4 is 5.32 Å². The van der Waals surface area contributed by atoms with Crippen LogP contribution in [0.4, 0.5) is 5.69 Å². The van der Waals surface area contributed by atoms with E-state index in [-0.39, 0.29) is 30.2 Å². The van der Waals surface area contributed by atoms with Crippen LogP contribution in [0.1, 0.15) is 31.2 Å². The van der Waals surface area contributed by atoms with Crippen LogP contribution in [0.2, 0.25) is 0 Å². The van der Waals surface area contributed by atoms with Crippen molar-refractivity contribution in [1.29, 1.82) is 5.26 Å². The Kier molecular flexibility index (Phi) is 4.11. The van der Waals surface area contributed by atoms with Crippen LogP contribution in [-0.4, -0.2) is 29.2 Å². The molecule has 0 spiro atoms. The molecule has 6 nitrogen and oxygen atoms in total. The van der Waals surface area contributed by atoms with Gasteiger partial charge in [0.2, 0.25) is 17.7 Å². The molecule has 2 fully saturated rings. The van der Waals surface area contributed by atoms with Crippen molar-refractivity contribution in [2.24, 2.45) is 11.8 Å². The van der Waals surface area contributed by atoms with Crippen molar-refractivity contribution in [1.82, 2.24) is 4.90 Å². The average molecular weight is 311 g/mol. The molecular weight excluding hydrogens is 294 g/mol. The first-order chi connectivity index (χ1) is 11.1. The minimum atomic E-state index is -0.430. The second kappa shape index (κ2) is 6.21. The number of carbonyl (C=O) groups is 3. The van der Waals surface area contributed by atoms with E-state index in [2.05, 4.69) is 5.32 Å². The van der Waals surface area contributed by atoms with Crippen molar-refractivity contribution in [3.63, 3.8) is 0 Å². The standard InChI is InChI=1S/C17H17N3O3/c18-9-11-4-3-5-12(8-11)19-15(21)10-20-16(22)13-6-1-2-7-14(13)17(20)23/h3-5,8,13-14H,1-2,6-7,10H2,(H,19,21)/t13-,14-/m0/s1. The van der Waals surface area contributed by atoms with Gasteiger partial charge in [-0.15, -0.1) is 0 Å². The highest BCUT2D eigenvalue weighted by Crippen LogP contribution is 2.37. The summed E-state index contributed by atoms with van der Waals surface area (Å²) in [4.78, 5) is 37.9. The zero-order valence-electron chi connectivity index (χ0n) is 12.6. The Morgan fingerprint density at radius 1 is 1.22 bits per heavy atom. The lowest BCUT2D eigenvalue weighted by molar-refractivity contribution is -0.142. The smallest absolute Gasteiger partial charge is 0.244 e. The number of nitrogens with zero attached hydrogens (tertiary/aromatic N) is 2. The highest BCUT2D eigenvalue weighted by molar-refractivity contribution is 6.08. The predicted octanol–water partition coefficient (Wildman–Crippen LogP) is 1.67. The van der Waals surface area contributed by atoms with Crippen molar-refractivity contribution in [2.45, 2.75) is 25.7 Å². The first kappa shape index (κ1) is 15.2. The van der Waals surface area contributed by atoms with Gasteiger partial charge in [0.1, 0.15) is 6.54 Å². The molecular formula is C17H17N3O3. The van der Waals surface area contributed by atoms with Crippen LogP contribution in [0.25, 0.3) is 0 Å². The molecule has 1 aliphatic carbocycles. The molecule has 1 saturated carbocycles. The number of amides is 3. The van der Waals surface area contributed by atoms with E-state index in [1.165, 1.54) is 0 Å². The van der Waals surface area contributed by atoms with Crippen LogP contribution in [0.5, 0.6) is 0 Å². The summed E-state index contributed by atoms with van der Waals surface area (Å²) >= 11 is 0. The van der Waals surface area contributed by atoms with Gasteiger partial charge in [0, 0.05) is 5.69 Å². The molecule has 0 radical (unpaired) electrons. The fraction of sp³-hybridized carbons (Fsp3) is 0.412. The molecule has 1 N–H and O–H groups in total. The highest BCUT2D eigenvalue weighted by Gasteiger charge is 2.48. The van der Waals surface area contributed by atoms with Gasteiger partial charge in [-0.2, -0.15) is 5.26 Å². The fourth-order valence-electron chi connectivity index (χ4n) is 3.40. The minimum Gasteiger partial charge on any atom is -0.324 e. The van der Waals surface area contributed by atoms with E-state index in [1.54, 1.807) is 24.3 Å². The summed E-state index contributed by atoms with van der Waals surface area (Å²) in [5.74, 6) is -1.36. The highest BCUT2D eigenvalue weighted by atomic mass is 16.2. The Labute approximate surface area is 134 Å². The summed E-state index contributed by atoms with van der Waals surface area (Å²) < 4.78 is 0. The molecule has 1 saturated heterocycles. The van der Waals surface area contributed by atoms with Crippen LogP contribution in [0.15, 0.2) is 24.3 Å². The van der Waals surface area contributed by atoms with Gasteiger partial charge in [-0.3, -0.25) is 19.3 Å². The van der Waals surface area contributed by atoms with E-state index < -0.39 is 5.91 Å². The van der Waals surface area contributed by atoms with E-state index >= 15 is 0 Å². The minimum absolute atomic E-state index is 0.222. The Morgan fingerprint density at radius 3 is 2.48 bits per heavy atom. The van der Waals surface area contributed by atoms with Gasteiger partial charge in [0.05, 0.1) is 23.5 Å². The molecule has 6 heteroatoms. The topological polar surface area (TPSA) is 90.3 Å². The zero-order valence-corrected chi connectivity index (χ0v) is 12.6. The molecule has 1 aliphatic heterocycles. The lowest BCUT2D eigenvalue weighted by atomic mass is 9.81. The van der Waals surface area contributed by atoms with Crippen LogP contribution >= 0.6 is 0 Å². The van der Waals surface area contributed by atoms with E-state index in [4.69, 9.17) is 5.26 Å². The third kappa shape index (κ3) is 2.95. The Balaban J connectivity index is 1.67. The predicted molar refractivity (Wildman–Crippen MR) is 82.0 cm³/mol. The van der Waals surface area contributed by atoms with Gasteiger partial charge < -0.3 is 5.32 Å². The number of fused-ring (bicyclic) bond motifs is 1. The van der Waals surface area contributed by atoms with Crippen molar-refractivity contribution < 1.29 is 14.4 Å². The van der Waals surface area contributed by atoms with Gasteiger partial charge in [-0.05, 0) is 31.0 Å². The van der Waals surface area contributed by atoms with Crippen molar-refractivity contribution in [3.8, 4) is 6.07 Å². The Bertz CT molecular complexity index is 683. The average Bonchev–Trinajstić information content (AvgIpc) is 2.80. The normalized spacial score (nSPS) is 23.3. The maximum absolute atomic E-state index is 12.3. The first-order valence-electron chi connectivity index (χ1n) is 7.75. The van der Waals surface area contributed by atoms with Gasteiger partial charge in [-0.25, -0.2) is 0 Å². The number of likely N-dealkylation sites (tertiary alicyclic amines) is 1. The van der Waals surface area contributed by atoms with Crippen LogP contribution in [0, 0.1) is 23.2 Å². The van der Waals surface area contributed by atoms with E-state index in [0.717, 1.165) is 30.6 Å². The number of nitriles is 1. The fourth-order valence-corrected chi connectivity index (χ4v) is 3.40. The molecule has 23 heavy (non-hydrogen) atoms. The number of anilines is 1. The SMILES string of the molecule is N#Cc1cccc(NC(=O)CN2C(=O)[C@H]3CCCC[C@@H]3C2=O)c1. The zero-order chi connectivity index (χ0) is 16.4. The molecule has 3 amide bonds. The van der Waals surface area contributed by atoms with Crippen molar-refractivity contribution in [2.75, 3.05) is 11.9 Å².